The molecule has 0 heterocycles. The van der Waals surface area contributed by atoms with Gasteiger partial charge in [0.1, 0.15) is 0 Å². The first-order valence-electron chi connectivity index (χ1n) is 4.66. The van der Waals surface area contributed by atoms with Gasteiger partial charge in [-0.2, -0.15) is 0 Å². The van der Waals surface area contributed by atoms with E-state index < -0.39 is 0 Å². The highest BCUT2D eigenvalue weighted by molar-refractivity contribution is 5.78. The van der Waals surface area contributed by atoms with Gasteiger partial charge in [0.25, 0.3) is 0 Å². The van der Waals surface area contributed by atoms with E-state index in [-0.39, 0.29) is 11.8 Å². The molecule has 0 saturated heterocycles. The van der Waals surface area contributed by atoms with Crippen LogP contribution in [0.5, 0.6) is 0 Å². The molecule has 0 radical (unpaired) electrons. The summed E-state index contributed by atoms with van der Waals surface area (Å²) in [7, 11) is 0. The first-order valence-corrected chi connectivity index (χ1v) is 4.66. The summed E-state index contributed by atoms with van der Waals surface area (Å²) in [6, 6.07) is 0. The lowest BCUT2D eigenvalue weighted by Crippen LogP contribution is -2.35. The van der Waals surface area contributed by atoms with Gasteiger partial charge in [-0.1, -0.05) is 6.92 Å². The topological polar surface area (TPSA) is 46.3 Å². The fraction of sp³-hybridized carbons (Fsp3) is 0.889. The zero-order valence-corrected chi connectivity index (χ0v) is 8.34. The third-order valence-electron chi connectivity index (χ3n) is 2.10. The molecule has 1 amide bonds. The van der Waals surface area contributed by atoms with Crippen molar-refractivity contribution in [3.8, 4) is 0 Å². The van der Waals surface area contributed by atoms with Crippen LogP contribution in [0, 0.1) is 5.92 Å². The number of nitrogens with two attached hydrogens (primary N) is 1. The molecule has 0 aliphatic heterocycles. The van der Waals surface area contributed by atoms with Crippen LogP contribution in [-0.4, -0.2) is 30.4 Å². The summed E-state index contributed by atoms with van der Waals surface area (Å²) < 4.78 is 0. The summed E-state index contributed by atoms with van der Waals surface area (Å²) in [5.41, 5.74) is 5.38. The molecule has 1 atom stereocenters. The number of carbonyl (C=O) groups is 1. The molecule has 0 spiro atoms. The Morgan fingerprint density at radius 1 is 1.42 bits per heavy atom. The lowest BCUT2D eigenvalue weighted by Gasteiger charge is -2.22. The van der Waals surface area contributed by atoms with Gasteiger partial charge >= 0.3 is 0 Å². The number of amides is 1. The van der Waals surface area contributed by atoms with E-state index in [1.54, 1.807) is 0 Å². The third kappa shape index (κ3) is 3.22. The maximum Gasteiger partial charge on any atom is 0.225 e. The highest BCUT2D eigenvalue weighted by atomic mass is 16.2. The Kier molecular flexibility index (Phi) is 5.72. The molecule has 2 N–H and O–H groups in total. The molecule has 72 valence electrons. The monoisotopic (exact) mass is 172 g/mol. The van der Waals surface area contributed by atoms with E-state index in [1.807, 2.05) is 25.7 Å². The van der Waals surface area contributed by atoms with Gasteiger partial charge in [-0.15, -0.1) is 0 Å². The summed E-state index contributed by atoms with van der Waals surface area (Å²) in [6.07, 6.45) is 0.787. The molecule has 0 aromatic carbocycles. The Labute approximate surface area is 74.9 Å². The first-order chi connectivity index (χ1) is 5.67. The van der Waals surface area contributed by atoms with Gasteiger partial charge in [0.2, 0.25) is 5.91 Å². The van der Waals surface area contributed by atoms with Crippen LogP contribution in [0.1, 0.15) is 27.2 Å². The van der Waals surface area contributed by atoms with Crippen molar-refractivity contribution < 1.29 is 4.79 Å². The van der Waals surface area contributed by atoms with Crippen LogP contribution < -0.4 is 5.73 Å². The lowest BCUT2D eigenvalue weighted by molar-refractivity contribution is -0.134. The van der Waals surface area contributed by atoms with Crippen molar-refractivity contribution in [1.29, 1.82) is 0 Å². The highest BCUT2D eigenvalue weighted by Crippen LogP contribution is 2.05. The Morgan fingerprint density at radius 2 is 1.92 bits per heavy atom. The van der Waals surface area contributed by atoms with Crippen molar-refractivity contribution in [3.05, 3.63) is 0 Å². The summed E-state index contributed by atoms with van der Waals surface area (Å²) in [6.45, 7) is 8.11. The summed E-state index contributed by atoms with van der Waals surface area (Å²) >= 11 is 0. The summed E-state index contributed by atoms with van der Waals surface area (Å²) in [5, 5.41) is 0. The van der Waals surface area contributed by atoms with E-state index in [4.69, 9.17) is 5.73 Å². The minimum Gasteiger partial charge on any atom is -0.343 e. The number of carbonyl (C=O) groups excluding carboxylic acids is 1. The van der Waals surface area contributed by atoms with Gasteiger partial charge in [-0.05, 0) is 26.8 Å². The molecule has 0 saturated carbocycles. The minimum absolute atomic E-state index is 0.0786. The Hall–Kier alpha value is -0.570. The van der Waals surface area contributed by atoms with Crippen molar-refractivity contribution >= 4 is 5.91 Å². The smallest absolute Gasteiger partial charge is 0.225 e. The Bertz CT molecular complexity index is 132. The molecule has 12 heavy (non-hydrogen) atoms. The first kappa shape index (κ1) is 11.4. The zero-order chi connectivity index (χ0) is 9.56. The fourth-order valence-electron chi connectivity index (χ4n) is 1.22. The van der Waals surface area contributed by atoms with Crippen molar-refractivity contribution in [3.63, 3.8) is 0 Å². The molecular formula is C9H20N2O. The molecule has 0 aliphatic carbocycles. The predicted octanol–water partition coefficient (Wildman–Crippen LogP) is 0.840. The number of nitrogens with zero attached hydrogens (tertiary/aromatic N) is 1. The molecule has 3 nitrogen and oxygen atoms in total. The Morgan fingerprint density at radius 3 is 2.25 bits per heavy atom. The van der Waals surface area contributed by atoms with Crippen LogP contribution in [0.4, 0.5) is 0 Å². The fourth-order valence-corrected chi connectivity index (χ4v) is 1.22. The van der Waals surface area contributed by atoms with Gasteiger partial charge in [0, 0.05) is 19.0 Å². The SMILES string of the molecule is CCN(CC)C(=O)C(C)CCN. The van der Waals surface area contributed by atoms with Gasteiger partial charge in [0.15, 0.2) is 0 Å². The molecule has 0 bridgehead atoms. The normalized spacial score (nSPS) is 12.7. The average Bonchev–Trinajstić information content (AvgIpc) is 2.07. The average molecular weight is 172 g/mol. The lowest BCUT2D eigenvalue weighted by atomic mass is 10.1. The second-order valence-electron chi connectivity index (χ2n) is 2.99. The second kappa shape index (κ2) is 6.00. The van der Waals surface area contributed by atoms with Crippen LogP contribution in [-0.2, 0) is 4.79 Å². The van der Waals surface area contributed by atoms with E-state index in [0.717, 1.165) is 19.5 Å². The number of hydrogen-bond acceptors (Lipinski definition) is 2. The maximum absolute atomic E-state index is 11.6. The van der Waals surface area contributed by atoms with E-state index in [1.165, 1.54) is 0 Å². The number of hydrogen-bond donors (Lipinski definition) is 1. The van der Waals surface area contributed by atoms with E-state index >= 15 is 0 Å². The van der Waals surface area contributed by atoms with Crippen LogP contribution >= 0.6 is 0 Å². The molecule has 0 aromatic rings. The molecule has 1 unspecified atom stereocenters. The molecule has 0 fully saturated rings. The minimum atomic E-state index is 0.0786. The van der Waals surface area contributed by atoms with Crippen LogP contribution in [0.3, 0.4) is 0 Å². The maximum atomic E-state index is 11.6. The van der Waals surface area contributed by atoms with Crippen molar-refractivity contribution in [2.45, 2.75) is 27.2 Å². The molecular weight excluding hydrogens is 152 g/mol. The van der Waals surface area contributed by atoms with Gasteiger partial charge in [-0.25, -0.2) is 0 Å². The molecule has 0 rings (SSSR count). The van der Waals surface area contributed by atoms with Crippen molar-refractivity contribution in [2.24, 2.45) is 11.7 Å². The Balaban J connectivity index is 3.97. The van der Waals surface area contributed by atoms with Crippen molar-refractivity contribution in [1.82, 2.24) is 4.90 Å². The summed E-state index contributed by atoms with van der Waals surface area (Å²) in [5.74, 6) is 0.306. The third-order valence-corrected chi connectivity index (χ3v) is 2.10. The second-order valence-corrected chi connectivity index (χ2v) is 2.99. The van der Waals surface area contributed by atoms with Crippen LogP contribution in [0.25, 0.3) is 0 Å². The van der Waals surface area contributed by atoms with E-state index in [0.29, 0.717) is 6.54 Å². The summed E-state index contributed by atoms with van der Waals surface area (Å²) in [4.78, 5) is 13.4. The van der Waals surface area contributed by atoms with Gasteiger partial charge in [-0.3, -0.25) is 4.79 Å². The van der Waals surface area contributed by atoms with Crippen LogP contribution in [0.2, 0.25) is 0 Å². The standard InChI is InChI=1S/C9H20N2O/c1-4-11(5-2)9(12)8(3)6-7-10/h8H,4-7,10H2,1-3H3. The molecule has 0 aliphatic rings. The van der Waals surface area contributed by atoms with E-state index in [2.05, 4.69) is 0 Å². The molecule has 3 heteroatoms. The van der Waals surface area contributed by atoms with Crippen LogP contribution in [0.15, 0.2) is 0 Å². The predicted molar refractivity (Wildman–Crippen MR) is 50.8 cm³/mol. The largest absolute Gasteiger partial charge is 0.343 e. The molecule has 0 aromatic heterocycles. The highest BCUT2D eigenvalue weighted by Gasteiger charge is 2.16. The number of rotatable bonds is 5. The van der Waals surface area contributed by atoms with E-state index in [9.17, 15) is 4.79 Å². The van der Waals surface area contributed by atoms with Crippen molar-refractivity contribution in [2.75, 3.05) is 19.6 Å². The van der Waals surface area contributed by atoms with Gasteiger partial charge in [0.05, 0.1) is 0 Å². The quantitative estimate of drug-likeness (QED) is 0.668. The van der Waals surface area contributed by atoms with Gasteiger partial charge < -0.3 is 10.6 Å². The zero-order valence-electron chi connectivity index (χ0n) is 8.34.